The number of carbonyl (C=O) groups excluding carboxylic acids is 2. The van der Waals surface area contributed by atoms with Gasteiger partial charge < -0.3 is 16.0 Å². The van der Waals surface area contributed by atoms with Gasteiger partial charge in [-0.3, -0.25) is 9.59 Å². The molecule has 0 fully saturated rings. The lowest BCUT2D eigenvalue weighted by molar-refractivity contribution is -0.128. The molecule has 0 spiro atoms. The number of nitrogens with zero attached hydrogens (tertiary/aromatic N) is 1. The van der Waals surface area contributed by atoms with Crippen LogP contribution in [0.15, 0.2) is 18.2 Å². The number of halogens is 1. The monoisotopic (exact) mass is 283 g/mol. The number of amides is 2. The van der Waals surface area contributed by atoms with Gasteiger partial charge in [0, 0.05) is 44.2 Å². The van der Waals surface area contributed by atoms with Gasteiger partial charge in [-0.1, -0.05) is 17.7 Å². The van der Waals surface area contributed by atoms with Crippen molar-refractivity contribution in [3.05, 3.63) is 34.3 Å². The molecule has 0 unspecified atom stereocenters. The van der Waals surface area contributed by atoms with Gasteiger partial charge in [-0.15, -0.1) is 0 Å². The smallest absolute Gasteiger partial charge is 0.248 e. The fourth-order valence-electron chi connectivity index (χ4n) is 1.49. The zero-order chi connectivity index (χ0) is 14.4. The summed E-state index contributed by atoms with van der Waals surface area (Å²) in [6.45, 7) is 1.11. The molecule has 2 amide bonds. The minimum absolute atomic E-state index is 0.0719. The van der Waals surface area contributed by atoms with Gasteiger partial charge in [0.15, 0.2) is 0 Å². The molecule has 6 heteroatoms. The van der Waals surface area contributed by atoms with Crippen LogP contribution in [0.4, 0.5) is 0 Å². The zero-order valence-corrected chi connectivity index (χ0v) is 11.8. The summed E-state index contributed by atoms with van der Waals surface area (Å²) in [6.07, 6.45) is 0.435. The molecule has 19 heavy (non-hydrogen) atoms. The van der Waals surface area contributed by atoms with Gasteiger partial charge in [-0.25, -0.2) is 0 Å². The second-order valence-corrected chi connectivity index (χ2v) is 4.79. The van der Waals surface area contributed by atoms with Crippen molar-refractivity contribution in [1.82, 2.24) is 10.2 Å². The third-order valence-corrected chi connectivity index (χ3v) is 3.02. The number of nitrogens with two attached hydrogens (primary N) is 1. The first-order chi connectivity index (χ1) is 8.91. The summed E-state index contributed by atoms with van der Waals surface area (Å²) in [4.78, 5) is 23.9. The van der Waals surface area contributed by atoms with Crippen molar-refractivity contribution in [2.45, 2.75) is 13.0 Å². The Balaban J connectivity index is 2.46. The van der Waals surface area contributed by atoms with Gasteiger partial charge in [0.1, 0.15) is 0 Å². The molecule has 0 aliphatic heterocycles. The van der Waals surface area contributed by atoms with Crippen LogP contribution in [-0.4, -0.2) is 37.4 Å². The molecule has 1 rings (SSSR count). The van der Waals surface area contributed by atoms with E-state index in [0.29, 0.717) is 30.1 Å². The second-order valence-electron chi connectivity index (χ2n) is 4.39. The molecule has 0 saturated carbocycles. The summed E-state index contributed by atoms with van der Waals surface area (Å²) < 4.78 is 0. The van der Waals surface area contributed by atoms with Crippen LogP contribution < -0.4 is 11.1 Å². The van der Waals surface area contributed by atoms with Crippen molar-refractivity contribution in [3.8, 4) is 0 Å². The number of hydrogen-bond donors (Lipinski definition) is 2. The van der Waals surface area contributed by atoms with Crippen molar-refractivity contribution < 1.29 is 9.59 Å². The number of carbonyl (C=O) groups is 2. The molecule has 5 nitrogen and oxygen atoms in total. The molecule has 0 saturated heterocycles. The first-order valence-electron chi connectivity index (χ1n) is 5.91. The zero-order valence-electron chi connectivity index (χ0n) is 11.1. The van der Waals surface area contributed by atoms with E-state index in [2.05, 4.69) is 5.32 Å². The normalized spacial score (nSPS) is 10.3. The number of benzene rings is 1. The van der Waals surface area contributed by atoms with Gasteiger partial charge in [0.25, 0.3) is 0 Å². The Morgan fingerprint density at radius 2 is 2.05 bits per heavy atom. The highest BCUT2D eigenvalue weighted by Crippen LogP contribution is 2.17. The molecule has 0 aromatic heterocycles. The fourth-order valence-corrected chi connectivity index (χ4v) is 1.73. The first-order valence-corrected chi connectivity index (χ1v) is 6.28. The molecule has 1 aromatic rings. The Morgan fingerprint density at radius 1 is 1.37 bits per heavy atom. The number of primary amides is 1. The quantitative estimate of drug-likeness (QED) is 0.765. The van der Waals surface area contributed by atoms with Gasteiger partial charge in [-0.05, 0) is 17.7 Å². The average molecular weight is 284 g/mol. The molecule has 0 atom stereocenters. The average Bonchev–Trinajstić information content (AvgIpc) is 2.35. The minimum atomic E-state index is -0.502. The van der Waals surface area contributed by atoms with Gasteiger partial charge in [0.05, 0.1) is 0 Å². The molecule has 3 N–H and O–H groups in total. The third-order valence-electron chi connectivity index (χ3n) is 2.67. The maximum atomic E-state index is 11.3. The molecule has 0 bridgehead atoms. The van der Waals surface area contributed by atoms with Crippen molar-refractivity contribution in [3.63, 3.8) is 0 Å². The lowest BCUT2D eigenvalue weighted by Gasteiger charge is -2.11. The number of hydrogen-bond acceptors (Lipinski definition) is 3. The summed E-state index contributed by atoms with van der Waals surface area (Å²) in [7, 11) is 3.45. The highest BCUT2D eigenvalue weighted by Gasteiger charge is 2.06. The molecular formula is C13H18ClN3O2. The van der Waals surface area contributed by atoms with Crippen LogP contribution in [0.1, 0.15) is 22.3 Å². The summed E-state index contributed by atoms with van der Waals surface area (Å²) in [5.74, 6) is -0.430. The largest absolute Gasteiger partial charge is 0.366 e. The summed E-state index contributed by atoms with van der Waals surface area (Å²) in [5, 5.41) is 3.62. The maximum absolute atomic E-state index is 11.3. The van der Waals surface area contributed by atoms with E-state index < -0.39 is 5.91 Å². The van der Waals surface area contributed by atoms with Crippen LogP contribution in [0.5, 0.6) is 0 Å². The SMILES string of the molecule is CN(C)C(=O)CCNCc1ccc(C(N)=O)cc1Cl. The fraction of sp³-hybridized carbons (Fsp3) is 0.385. The van der Waals surface area contributed by atoms with Crippen molar-refractivity contribution in [2.75, 3.05) is 20.6 Å². The molecule has 0 radical (unpaired) electrons. The predicted octanol–water partition coefficient (Wildman–Crippen LogP) is 1.01. The van der Waals surface area contributed by atoms with Crippen LogP contribution in [0.2, 0.25) is 5.02 Å². The van der Waals surface area contributed by atoms with Crippen LogP contribution in [-0.2, 0) is 11.3 Å². The second kappa shape index (κ2) is 7.11. The number of nitrogens with one attached hydrogen (secondary N) is 1. The van der Waals surface area contributed by atoms with Gasteiger partial charge in [0.2, 0.25) is 11.8 Å². The molecule has 0 heterocycles. The van der Waals surface area contributed by atoms with E-state index in [1.54, 1.807) is 37.2 Å². The molecule has 104 valence electrons. The summed E-state index contributed by atoms with van der Waals surface area (Å²) in [5.41, 5.74) is 6.41. The van der Waals surface area contributed by atoms with Crippen LogP contribution in [0.25, 0.3) is 0 Å². The van der Waals surface area contributed by atoms with E-state index in [1.807, 2.05) is 0 Å². The molecule has 0 aliphatic carbocycles. The van der Waals surface area contributed by atoms with E-state index in [4.69, 9.17) is 17.3 Å². The van der Waals surface area contributed by atoms with Crippen molar-refractivity contribution >= 4 is 23.4 Å². The van der Waals surface area contributed by atoms with Crippen LogP contribution >= 0.6 is 11.6 Å². The third kappa shape index (κ3) is 4.89. The summed E-state index contributed by atoms with van der Waals surface area (Å²) >= 11 is 6.04. The van der Waals surface area contributed by atoms with Gasteiger partial charge in [-0.2, -0.15) is 0 Å². The highest BCUT2D eigenvalue weighted by atomic mass is 35.5. The Kier molecular flexibility index (Phi) is 5.79. The first kappa shape index (κ1) is 15.5. The Morgan fingerprint density at radius 3 is 2.58 bits per heavy atom. The topological polar surface area (TPSA) is 75.4 Å². The summed E-state index contributed by atoms with van der Waals surface area (Å²) in [6, 6.07) is 4.94. The Hall–Kier alpha value is -1.59. The van der Waals surface area contributed by atoms with E-state index >= 15 is 0 Å². The minimum Gasteiger partial charge on any atom is -0.366 e. The van der Waals surface area contributed by atoms with Crippen LogP contribution in [0, 0.1) is 0 Å². The van der Waals surface area contributed by atoms with E-state index in [9.17, 15) is 9.59 Å². The standard InChI is InChI=1S/C13H18ClN3O2/c1-17(2)12(18)5-6-16-8-10-4-3-9(13(15)19)7-11(10)14/h3-4,7,16H,5-6,8H2,1-2H3,(H2,15,19). The van der Waals surface area contributed by atoms with Crippen LogP contribution in [0.3, 0.4) is 0 Å². The Bertz CT molecular complexity index is 475. The molecule has 0 aliphatic rings. The van der Waals surface area contributed by atoms with E-state index in [-0.39, 0.29) is 5.91 Å². The van der Waals surface area contributed by atoms with E-state index in [0.717, 1.165) is 5.56 Å². The lowest BCUT2D eigenvalue weighted by atomic mass is 10.1. The Labute approximate surface area is 117 Å². The maximum Gasteiger partial charge on any atom is 0.248 e. The molecular weight excluding hydrogens is 266 g/mol. The number of rotatable bonds is 6. The van der Waals surface area contributed by atoms with Crippen molar-refractivity contribution in [1.29, 1.82) is 0 Å². The highest BCUT2D eigenvalue weighted by molar-refractivity contribution is 6.31. The predicted molar refractivity (Wildman–Crippen MR) is 75.0 cm³/mol. The van der Waals surface area contributed by atoms with Crippen molar-refractivity contribution in [2.24, 2.45) is 5.73 Å². The van der Waals surface area contributed by atoms with E-state index in [1.165, 1.54) is 0 Å². The van der Waals surface area contributed by atoms with Gasteiger partial charge >= 0.3 is 0 Å². The molecule has 1 aromatic carbocycles. The lowest BCUT2D eigenvalue weighted by Crippen LogP contribution is -2.26.